The lowest BCUT2D eigenvalue weighted by Gasteiger charge is -2.08. The van der Waals surface area contributed by atoms with Crippen LogP contribution >= 0.6 is 11.8 Å². The van der Waals surface area contributed by atoms with Crippen LogP contribution in [-0.4, -0.2) is 18.1 Å². The first kappa shape index (κ1) is 10.2. The highest BCUT2D eigenvalue weighted by Crippen LogP contribution is 2.23. The standard InChI is InChI=1S/C9H15N3S/c1-7(4-11-6-10)3-9-5-13-8(2)12-9/h4,6,9,12H,2-3,5H2,1H3,(H2,10,11)/b7-4+. The summed E-state index contributed by atoms with van der Waals surface area (Å²) in [6.45, 7) is 5.91. The first-order chi connectivity index (χ1) is 6.22. The van der Waals surface area contributed by atoms with E-state index in [9.17, 15) is 0 Å². The molecule has 0 aromatic rings. The molecular weight excluding hydrogens is 182 g/mol. The van der Waals surface area contributed by atoms with Crippen LogP contribution in [0.25, 0.3) is 0 Å². The molecule has 3 N–H and O–H groups in total. The molecule has 1 rings (SSSR count). The normalized spacial score (nSPS) is 23.9. The van der Waals surface area contributed by atoms with E-state index in [4.69, 9.17) is 5.73 Å². The van der Waals surface area contributed by atoms with Gasteiger partial charge in [-0.25, -0.2) is 4.99 Å². The largest absolute Gasteiger partial charge is 0.390 e. The van der Waals surface area contributed by atoms with Crippen molar-refractivity contribution in [3.63, 3.8) is 0 Å². The molecule has 4 heteroatoms. The van der Waals surface area contributed by atoms with E-state index >= 15 is 0 Å². The van der Waals surface area contributed by atoms with Gasteiger partial charge in [0.25, 0.3) is 0 Å². The Hall–Kier alpha value is -0.900. The quantitative estimate of drug-likeness (QED) is 0.532. The number of hydrogen-bond acceptors (Lipinski definition) is 3. The molecule has 0 bridgehead atoms. The molecule has 13 heavy (non-hydrogen) atoms. The minimum Gasteiger partial charge on any atom is -0.390 e. The van der Waals surface area contributed by atoms with Crippen molar-refractivity contribution in [1.29, 1.82) is 0 Å². The number of nitrogens with two attached hydrogens (primary N) is 1. The summed E-state index contributed by atoms with van der Waals surface area (Å²) in [5.74, 6) is 1.09. The van der Waals surface area contributed by atoms with Crippen molar-refractivity contribution >= 4 is 18.1 Å². The van der Waals surface area contributed by atoms with Crippen molar-refractivity contribution in [2.45, 2.75) is 19.4 Å². The van der Waals surface area contributed by atoms with Crippen LogP contribution in [0.4, 0.5) is 0 Å². The molecular formula is C9H15N3S. The molecule has 0 aromatic carbocycles. The minimum absolute atomic E-state index is 0.502. The van der Waals surface area contributed by atoms with Crippen LogP contribution in [0.3, 0.4) is 0 Å². The van der Waals surface area contributed by atoms with Gasteiger partial charge < -0.3 is 11.1 Å². The Bertz CT molecular complexity index is 245. The van der Waals surface area contributed by atoms with Crippen LogP contribution in [0.15, 0.2) is 28.4 Å². The fourth-order valence-electron chi connectivity index (χ4n) is 1.23. The molecule has 0 saturated carbocycles. The zero-order valence-electron chi connectivity index (χ0n) is 7.79. The fraction of sp³-hybridized carbons (Fsp3) is 0.444. The van der Waals surface area contributed by atoms with Gasteiger partial charge in [0.1, 0.15) is 0 Å². The van der Waals surface area contributed by atoms with Crippen LogP contribution in [0, 0.1) is 0 Å². The third kappa shape index (κ3) is 3.55. The Morgan fingerprint density at radius 3 is 3.23 bits per heavy atom. The van der Waals surface area contributed by atoms with Gasteiger partial charge in [-0.1, -0.05) is 12.2 Å². The summed E-state index contributed by atoms with van der Waals surface area (Å²) < 4.78 is 0. The van der Waals surface area contributed by atoms with E-state index in [2.05, 4.69) is 23.8 Å². The van der Waals surface area contributed by atoms with Crippen LogP contribution < -0.4 is 11.1 Å². The molecule has 0 aromatic heterocycles. The first-order valence-corrected chi connectivity index (χ1v) is 5.18. The van der Waals surface area contributed by atoms with Crippen molar-refractivity contribution in [2.75, 3.05) is 5.75 Å². The number of hydrogen-bond donors (Lipinski definition) is 2. The van der Waals surface area contributed by atoms with Gasteiger partial charge in [-0.05, 0) is 13.3 Å². The van der Waals surface area contributed by atoms with Gasteiger partial charge in [0.2, 0.25) is 0 Å². The molecule has 1 fully saturated rings. The van der Waals surface area contributed by atoms with Gasteiger partial charge in [-0.2, -0.15) is 0 Å². The molecule has 3 nitrogen and oxygen atoms in total. The van der Waals surface area contributed by atoms with Crippen molar-refractivity contribution in [1.82, 2.24) is 5.32 Å². The second kappa shape index (κ2) is 4.97. The predicted octanol–water partition coefficient (Wildman–Crippen LogP) is 1.44. The summed E-state index contributed by atoms with van der Waals surface area (Å²) in [6.07, 6.45) is 4.11. The molecule has 0 aliphatic carbocycles. The van der Waals surface area contributed by atoms with Crippen LogP contribution in [-0.2, 0) is 0 Å². The lowest BCUT2D eigenvalue weighted by Crippen LogP contribution is -2.22. The fourth-order valence-corrected chi connectivity index (χ4v) is 2.09. The van der Waals surface area contributed by atoms with E-state index in [0.29, 0.717) is 6.04 Å². The van der Waals surface area contributed by atoms with E-state index in [1.807, 2.05) is 0 Å². The molecule has 0 radical (unpaired) electrons. The van der Waals surface area contributed by atoms with Crippen LogP contribution in [0.2, 0.25) is 0 Å². The molecule has 1 aliphatic heterocycles. The topological polar surface area (TPSA) is 50.4 Å². The Balaban J connectivity index is 2.36. The Morgan fingerprint density at radius 1 is 1.92 bits per heavy atom. The van der Waals surface area contributed by atoms with Gasteiger partial charge >= 0.3 is 0 Å². The molecule has 0 spiro atoms. The van der Waals surface area contributed by atoms with Crippen molar-refractivity contribution in [3.05, 3.63) is 23.4 Å². The molecule has 1 aliphatic rings. The third-order valence-electron chi connectivity index (χ3n) is 1.77. The van der Waals surface area contributed by atoms with E-state index in [1.165, 1.54) is 11.9 Å². The zero-order chi connectivity index (χ0) is 9.68. The maximum Gasteiger partial charge on any atom is 0.0852 e. The van der Waals surface area contributed by atoms with Gasteiger partial charge in [0.05, 0.1) is 11.4 Å². The molecule has 0 amide bonds. The number of nitrogens with zero attached hydrogens (tertiary/aromatic N) is 1. The molecule has 1 unspecified atom stereocenters. The smallest absolute Gasteiger partial charge is 0.0852 e. The van der Waals surface area contributed by atoms with Crippen LogP contribution in [0.5, 0.6) is 0 Å². The Morgan fingerprint density at radius 2 is 2.69 bits per heavy atom. The van der Waals surface area contributed by atoms with Crippen molar-refractivity contribution < 1.29 is 0 Å². The summed E-state index contributed by atoms with van der Waals surface area (Å²) in [4.78, 5) is 3.87. The summed E-state index contributed by atoms with van der Waals surface area (Å²) >= 11 is 1.78. The second-order valence-electron chi connectivity index (χ2n) is 3.05. The van der Waals surface area contributed by atoms with E-state index in [0.717, 1.165) is 17.2 Å². The zero-order valence-corrected chi connectivity index (χ0v) is 8.60. The molecule has 1 saturated heterocycles. The van der Waals surface area contributed by atoms with Gasteiger partial charge in [0, 0.05) is 18.0 Å². The monoisotopic (exact) mass is 197 g/mol. The van der Waals surface area contributed by atoms with Crippen molar-refractivity contribution in [2.24, 2.45) is 10.7 Å². The summed E-state index contributed by atoms with van der Waals surface area (Å²) in [6, 6.07) is 0.502. The maximum absolute atomic E-state index is 5.14. The van der Waals surface area contributed by atoms with Gasteiger partial charge in [-0.3, -0.25) is 0 Å². The lowest BCUT2D eigenvalue weighted by atomic mass is 10.1. The van der Waals surface area contributed by atoms with Gasteiger partial charge in [0.15, 0.2) is 0 Å². The van der Waals surface area contributed by atoms with E-state index in [1.54, 1.807) is 18.0 Å². The average Bonchev–Trinajstić information content (AvgIpc) is 2.48. The number of thioether (sulfide) groups is 1. The highest BCUT2D eigenvalue weighted by Gasteiger charge is 2.17. The Kier molecular flexibility index (Phi) is 3.89. The summed E-state index contributed by atoms with van der Waals surface area (Å²) in [7, 11) is 0. The Labute approximate surface area is 83.2 Å². The number of aliphatic imine (C=N–C) groups is 1. The maximum atomic E-state index is 5.14. The first-order valence-electron chi connectivity index (χ1n) is 4.19. The second-order valence-corrected chi connectivity index (χ2v) is 4.17. The van der Waals surface area contributed by atoms with Crippen LogP contribution in [0.1, 0.15) is 13.3 Å². The number of rotatable bonds is 3. The predicted molar refractivity (Wildman–Crippen MR) is 59.6 cm³/mol. The summed E-state index contributed by atoms with van der Waals surface area (Å²) in [5.41, 5.74) is 6.37. The average molecular weight is 197 g/mol. The molecule has 1 atom stereocenters. The molecule has 1 heterocycles. The summed E-state index contributed by atoms with van der Waals surface area (Å²) in [5, 5.41) is 4.38. The lowest BCUT2D eigenvalue weighted by molar-refractivity contribution is 0.654. The minimum atomic E-state index is 0.502. The highest BCUT2D eigenvalue weighted by molar-refractivity contribution is 8.03. The van der Waals surface area contributed by atoms with Crippen molar-refractivity contribution in [3.8, 4) is 0 Å². The van der Waals surface area contributed by atoms with E-state index < -0.39 is 0 Å². The third-order valence-corrected chi connectivity index (χ3v) is 2.81. The SMILES string of the molecule is C=C1NC(C/C(C)=C/N=CN)CS1. The molecule has 72 valence electrons. The highest BCUT2D eigenvalue weighted by atomic mass is 32.2. The number of nitrogens with one attached hydrogen (secondary N) is 1. The van der Waals surface area contributed by atoms with E-state index in [-0.39, 0.29) is 0 Å². The van der Waals surface area contributed by atoms with Gasteiger partial charge in [-0.15, -0.1) is 11.8 Å².